The van der Waals surface area contributed by atoms with E-state index in [1.807, 2.05) is 6.07 Å². The number of nitrogens with one attached hydrogen (secondary N) is 1. The topological polar surface area (TPSA) is 116 Å². The van der Waals surface area contributed by atoms with E-state index in [4.69, 9.17) is 25.5 Å². The van der Waals surface area contributed by atoms with Gasteiger partial charge in [-0.2, -0.15) is 5.10 Å². The molecule has 0 unspecified atom stereocenters. The number of furan rings is 1. The highest BCUT2D eigenvalue weighted by molar-refractivity contribution is 6.33. The van der Waals surface area contributed by atoms with E-state index in [9.17, 15) is 14.9 Å². The van der Waals surface area contributed by atoms with Gasteiger partial charge in [-0.1, -0.05) is 23.7 Å². The maximum absolute atomic E-state index is 12.2. The van der Waals surface area contributed by atoms with E-state index in [2.05, 4.69) is 10.5 Å². The number of hydrazone groups is 1. The van der Waals surface area contributed by atoms with Gasteiger partial charge in [-0.15, -0.1) is 0 Å². The first-order valence-electron chi connectivity index (χ1n) is 8.77. The molecule has 0 radical (unpaired) electrons. The molecular formula is C20H14ClN3O6. The highest BCUT2D eigenvalue weighted by atomic mass is 35.5. The van der Waals surface area contributed by atoms with Crippen LogP contribution < -0.4 is 14.9 Å². The summed E-state index contributed by atoms with van der Waals surface area (Å²) in [5.41, 5.74) is 2.64. The minimum atomic E-state index is -0.840. The maximum atomic E-state index is 12.2. The number of carbonyl (C=O) groups excluding carboxylic acids is 1. The second-order valence-corrected chi connectivity index (χ2v) is 6.63. The van der Waals surface area contributed by atoms with Crippen molar-refractivity contribution in [1.82, 2.24) is 5.43 Å². The van der Waals surface area contributed by atoms with E-state index in [0.29, 0.717) is 33.6 Å². The minimum absolute atomic E-state index is 0.0640. The quantitative estimate of drug-likeness (QED) is 0.376. The lowest BCUT2D eigenvalue weighted by Gasteiger charge is -2.24. The number of hydrogen-bond acceptors (Lipinski definition) is 7. The third-order valence-corrected chi connectivity index (χ3v) is 4.55. The SMILES string of the molecule is O=C(N/N=C\c1ccc(-c2cc([N+](=O)[O-])ccc2Cl)o1)[C@H]1COc2ccccc2O1. The van der Waals surface area contributed by atoms with Crippen molar-refractivity contribution >= 4 is 29.4 Å². The normalized spacial score (nSPS) is 15.2. The van der Waals surface area contributed by atoms with Gasteiger partial charge in [0.15, 0.2) is 11.5 Å². The molecule has 152 valence electrons. The fourth-order valence-electron chi connectivity index (χ4n) is 2.76. The van der Waals surface area contributed by atoms with E-state index < -0.39 is 16.9 Å². The standard InChI is InChI=1S/C20H14ClN3O6/c21-15-7-5-12(24(26)27)9-14(15)16-8-6-13(29-16)10-22-23-20(25)19-11-28-17-3-1-2-4-18(17)30-19/h1-10,19H,11H2,(H,23,25)/b22-10-/t19-/m1/s1. The number of hydrogen-bond donors (Lipinski definition) is 1. The van der Waals surface area contributed by atoms with Crippen LogP contribution in [0.4, 0.5) is 5.69 Å². The number of carbonyl (C=O) groups is 1. The van der Waals surface area contributed by atoms with Crippen molar-refractivity contribution in [2.24, 2.45) is 5.10 Å². The molecule has 0 saturated heterocycles. The van der Waals surface area contributed by atoms with Crippen LogP contribution in [0.25, 0.3) is 11.3 Å². The molecule has 9 nitrogen and oxygen atoms in total. The summed E-state index contributed by atoms with van der Waals surface area (Å²) in [6.45, 7) is 0.0640. The van der Waals surface area contributed by atoms with E-state index in [0.717, 1.165) is 0 Å². The van der Waals surface area contributed by atoms with Crippen molar-refractivity contribution < 1.29 is 23.6 Å². The largest absolute Gasteiger partial charge is 0.485 e. The van der Waals surface area contributed by atoms with Crippen LogP contribution in [0.2, 0.25) is 5.02 Å². The molecule has 30 heavy (non-hydrogen) atoms. The molecule has 1 aromatic heterocycles. The summed E-state index contributed by atoms with van der Waals surface area (Å²) < 4.78 is 16.7. The molecule has 2 aromatic carbocycles. The number of nitro groups is 1. The van der Waals surface area contributed by atoms with Crippen LogP contribution in [0.15, 0.2) is 64.1 Å². The van der Waals surface area contributed by atoms with Gasteiger partial charge in [-0.05, 0) is 30.3 Å². The van der Waals surface area contributed by atoms with Crippen molar-refractivity contribution in [2.75, 3.05) is 6.61 Å². The summed E-state index contributed by atoms with van der Waals surface area (Å²) in [5, 5.41) is 15.1. The Labute approximate surface area is 175 Å². The number of nitrogens with zero attached hydrogens (tertiary/aromatic N) is 2. The average molecular weight is 428 g/mol. The number of para-hydroxylation sites is 2. The molecule has 3 aromatic rings. The number of amides is 1. The first kappa shape index (κ1) is 19.5. The molecule has 0 saturated carbocycles. The second-order valence-electron chi connectivity index (χ2n) is 6.22. The van der Waals surface area contributed by atoms with Crippen molar-refractivity contribution in [3.05, 3.63) is 75.5 Å². The summed E-state index contributed by atoms with van der Waals surface area (Å²) in [5.74, 6) is 1.23. The molecule has 0 spiro atoms. The lowest BCUT2D eigenvalue weighted by atomic mass is 10.1. The Balaban J connectivity index is 1.40. The van der Waals surface area contributed by atoms with Crippen molar-refractivity contribution in [3.8, 4) is 22.8 Å². The van der Waals surface area contributed by atoms with Gasteiger partial charge < -0.3 is 13.9 Å². The number of nitro benzene ring substituents is 1. The lowest BCUT2D eigenvalue weighted by molar-refractivity contribution is -0.384. The van der Waals surface area contributed by atoms with Crippen LogP contribution in [-0.2, 0) is 4.79 Å². The summed E-state index contributed by atoms with van der Waals surface area (Å²) in [6, 6.07) is 14.3. The molecule has 1 N–H and O–H groups in total. The zero-order valence-corrected chi connectivity index (χ0v) is 16.0. The minimum Gasteiger partial charge on any atom is -0.485 e. The van der Waals surface area contributed by atoms with Gasteiger partial charge in [0.05, 0.1) is 16.2 Å². The van der Waals surface area contributed by atoms with Crippen LogP contribution in [0.5, 0.6) is 11.5 Å². The molecule has 2 heterocycles. The monoisotopic (exact) mass is 427 g/mol. The average Bonchev–Trinajstić information content (AvgIpc) is 3.22. The maximum Gasteiger partial charge on any atom is 0.284 e. The van der Waals surface area contributed by atoms with Crippen LogP contribution >= 0.6 is 11.6 Å². The van der Waals surface area contributed by atoms with Gasteiger partial charge >= 0.3 is 0 Å². The Kier molecular flexibility index (Phi) is 5.36. The summed E-state index contributed by atoms with van der Waals surface area (Å²) >= 11 is 6.11. The number of non-ortho nitro benzene ring substituents is 1. The van der Waals surface area contributed by atoms with Crippen molar-refractivity contribution in [1.29, 1.82) is 0 Å². The molecule has 1 aliphatic rings. The Morgan fingerprint density at radius 2 is 2.00 bits per heavy atom. The highest BCUT2D eigenvalue weighted by Crippen LogP contribution is 2.32. The van der Waals surface area contributed by atoms with Gasteiger partial charge in [0.1, 0.15) is 18.1 Å². The molecule has 1 amide bonds. The third kappa shape index (κ3) is 4.11. The van der Waals surface area contributed by atoms with Gasteiger partial charge in [0.2, 0.25) is 6.10 Å². The molecule has 0 fully saturated rings. The molecule has 10 heteroatoms. The van der Waals surface area contributed by atoms with Gasteiger partial charge in [-0.25, -0.2) is 5.43 Å². The number of ether oxygens (including phenoxy) is 2. The van der Waals surface area contributed by atoms with Crippen LogP contribution in [0.3, 0.4) is 0 Å². The predicted octanol–water partition coefficient (Wildman–Crippen LogP) is 3.80. The molecule has 1 aliphatic heterocycles. The Morgan fingerprint density at radius 3 is 2.80 bits per heavy atom. The summed E-state index contributed by atoms with van der Waals surface area (Å²) in [7, 11) is 0. The van der Waals surface area contributed by atoms with E-state index in [-0.39, 0.29) is 12.3 Å². The lowest BCUT2D eigenvalue weighted by Crippen LogP contribution is -2.42. The van der Waals surface area contributed by atoms with E-state index in [1.54, 1.807) is 30.3 Å². The molecule has 0 bridgehead atoms. The van der Waals surface area contributed by atoms with E-state index >= 15 is 0 Å². The van der Waals surface area contributed by atoms with Gasteiger partial charge in [0, 0.05) is 17.7 Å². The van der Waals surface area contributed by atoms with Crippen LogP contribution in [0.1, 0.15) is 5.76 Å². The first-order valence-corrected chi connectivity index (χ1v) is 9.14. The number of halogens is 1. The highest BCUT2D eigenvalue weighted by Gasteiger charge is 2.27. The third-order valence-electron chi connectivity index (χ3n) is 4.22. The zero-order valence-electron chi connectivity index (χ0n) is 15.3. The molecule has 1 atom stereocenters. The van der Waals surface area contributed by atoms with Gasteiger partial charge in [0.25, 0.3) is 11.6 Å². The van der Waals surface area contributed by atoms with E-state index in [1.165, 1.54) is 24.4 Å². The Morgan fingerprint density at radius 1 is 1.20 bits per heavy atom. The summed E-state index contributed by atoms with van der Waals surface area (Å²) in [6.07, 6.45) is 0.456. The summed E-state index contributed by atoms with van der Waals surface area (Å²) in [4.78, 5) is 22.7. The number of rotatable bonds is 5. The Hall–Kier alpha value is -3.85. The molecule has 4 rings (SSSR count). The van der Waals surface area contributed by atoms with Crippen molar-refractivity contribution in [2.45, 2.75) is 6.10 Å². The fourth-order valence-corrected chi connectivity index (χ4v) is 2.97. The van der Waals surface area contributed by atoms with Crippen LogP contribution in [0, 0.1) is 10.1 Å². The Bertz CT molecular complexity index is 1140. The number of fused-ring (bicyclic) bond motifs is 1. The smallest absolute Gasteiger partial charge is 0.284 e. The fraction of sp³-hybridized carbons (Fsp3) is 0.100. The molecule has 0 aliphatic carbocycles. The zero-order chi connectivity index (χ0) is 21.1. The predicted molar refractivity (Wildman–Crippen MR) is 108 cm³/mol. The van der Waals surface area contributed by atoms with Crippen molar-refractivity contribution in [3.63, 3.8) is 0 Å². The van der Waals surface area contributed by atoms with Gasteiger partial charge in [-0.3, -0.25) is 14.9 Å². The second kappa shape index (κ2) is 8.26. The first-order chi connectivity index (χ1) is 14.5. The molecular weight excluding hydrogens is 414 g/mol. The van der Waals surface area contributed by atoms with Crippen LogP contribution in [-0.4, -0.2) is 29.8 Å². The number of benzene rings is 2.